The average molecular weight is 294 g/mol. The van der Waals surface area contributed by atoms with Gasteiger partial charge in [-0.15, -0.1) is 0 Å². The fourth-order valence-corrected chi connectivity index (χ4v) is 2.44. The minimum atomic E-state index is -1.10. The molecule has 1 amide bonds. The molecule has 0 radical (unpaired) electrons. The molecule has 74 valence electrons. The molecule has 1 aliphatic rings. The Balaban J connectivity index is 2.85. The zero-order valence-corrected chi connectivity index (χ0v) is 9.95. The zero-order chi connectivity index (χ0) is 10.1. The number of hydrogen-bond donors (Lipinski definition) is 0. The Bertz CT molecular complexity index is 242. The molecular weight excluding hydrogens is 281 g/mol. The summed E-state index contributed by atoms with van der Waals surface area (Å²) in [6.07, 6.45) is 4.73. The van der Waals surface area contributed by atoms with Crippen molar-refractivity contribution in [2.75, 3.05) is 7.05 Å². The monoisotopic (exact) mass is 294 g/mol. The van der Waals surface area contributed by atoms with Gasteiger partial charge in [0.2, 0.25) is 0 Å². The topological polar surface area (TPSA) is 43.4 Å². The zero-order valence-electron chi connectivity index (χ0n) is 7.79. The Labute approximate surface area is 91.9 Å². The molecule has 0 aromatic carbocycles. The Morgan fingerprint density at radius 1 is 1.69 bits per heavy atom. The third kappa shape index (κ3) is 1.98. The molecule has 0 aromatic heterocycles. The van der Waals surface area contributed by atoms with Crippen molar-refractivity contribution >= 4 is 28.7 Å². The van der Waals surface area contributed by atoms with E-state index >= 15 is 0 Å². The first-order valence-corrected chi connectivity index (χ1v) is 5.47. The van der Waals surface area contributed by atoms with Gasteiger partial charge in [-0.3, -0.25) is 0 Å². The molecule has 0 spiro atoms. The maximum Gasteiger partial charge on any atom is 0.137 e. The van der Waals surface area contributed by atoms with Crippen molar-refractivity contribution < 1.29 is 9.90 Å². The lowest BCUT2D eigenvalue weighted by atomic mass is 9.86. The van der Waals surface area contributed by atoms with Gasteiger partial charge in [-0.25, -0.2) is 0 Å². The fourth-order valence-electron chi connectivity index (χ4n) is 1.47. The molecule has 1 aliphatic carbocycles. The summed E-state index contributed by atoms with van der Waals surface area (Å²) in [6, 6.07) is 0. The Hall–Kier alpha value is -0.260. The van der Waals surface area contributed by atoms with Crippen molar-refractivity contribution in [2.45, 2.75) is 29.2 Å². The first-order chi connectivity index (χ1) is 5.98. The smallest absolute Gasteiger partial charge is 0.137 e. The van der Waals surface area contributed by atoms with Crippen LogP contribution in [0.1, 0.15) is 19.8 Å². The van der Waals surface area contributed by atoms with Crippen molar-refractivity contribution in [2.24, 2.45) is 0 Å². The van der Waals surface area contributed by atoms with Crippen LogP contribution in [0.3, 0.4) is 0 Å². The highest BCUT2D eigenvalue weighted by molar-refractivity contribution is 14.1. The number of allylic oxidation sites excluding steroid dienone is 1. The van der Waals surface area contributed by atoms with Gasteiger partial charge in [-0.05, 0) is 19.8 Å². The van der Waals surface area contributed by atoms with Gasteiger partial charge in [0.05, 0.1) is 5.54 Å². The molecule has 0 saturated carbocycles. The molecule has 4 heteroatoms. The lowest BCUT2D eigenvalue weighted by Crippen LogP contribution is -2.57. The highest BCUT2D eigenvalue weighted by Crippen LogP contribution is 2.34. The van der Waals surface area contributed by atoms with Crippen molar-refractivity contribution in [1.82, 2.24) is 4.90 Å². The summed E-state index contributed by atoms with van der Waals surface area (Å²) in [5, 5.41) is 10.7. The maximum atomic E-state index is 10.7. The van der Waals surface area contributed by atoms with Crippen LogP contribution in [0.25, 0.3) is 0 Å². The largest absolute Gasteiger partial charge is 0.530 e. The molecule has 0 N–H and O–H groups in total. The third-order valence-electron chi connectivity index (χ3n) is 2.76. The Morgan fingerprint density at radius 2 is 2.31 bits per heavy atom. The van der Waals surface area contributed by atoms with E-state index in [0.717, 1.165) is 12.8 Å². The molecular formula is C9H13INO2-. The molecule has 2 atom stereocenters. The number of amides is 1. The van der Waals surface area contributed by atoms with Crippen molar-refractivity contribution in [3.05, 3.63) is 12.2 Å². The first-order valence-electron chi connectivity index (χ1n) is 4.22. The molecule has 0 heterocycles. The van der Waals surface area contributed by atoms with Gasteiger partial charge in [0.15, 0.2) is 0 Å². The lowest BCUT2D eigenvalue weighted by Gasteiger charge is -2.45. The van der Waals surface area contributed by atoms with Gasteiger partial charge in [0.1, 0.15) is 6.09 Å². The molecule has 0 aromatic rings. The standard InChI is InChI=1S/C9H14INO2/c1-9(11(2)8(12)13)6-4-3-5-7(9)10/h3-4,7H,5-6H2,1-2H3,(H,12,13)/p-1. The maximum absolute atomic E-state index is 10.7. The number of hydrogen-bond acceptors (Lipinski definition) is 2. The highest BCUT2D eigenvalue weighted by atomic mass is 127. The van der Waals surface area contributed by atoms with Crippen LogP contribution in [0, 0.1) is 0 Å². The van der Waals surface area contributed by atoms with E-state index in [4.69, 9.17) is 0 Å². The molecule has 0 bridgehead atoms. The summed E-state index contributed by atoms with van der Waals surface area (Å²) in [5.41, 5.74) is -0.311. The van der Waals surface area contributed by atoms with E-state index in [1.807, 2.05) is 13.0 Å². The summed E-state index contributed by atoms with van der Waals surface area (Å²) in [7, 11) is 1.58. The van der Waals surface area contributed by atoms with E-state index in [9.17, 15) is 9.90 Å². The molecule has 13 heavy (non-hydrogen) atoms. The van der Waals surface area contributed by atoms with E-state index in [1.165, 1.54) is 4.90 Å². The normalized spacial score (nSPS) is 33.0. The molecule has 3 nitrogen and oxygen atoms in total. The Morgan fingerprint density at radius 3 is 2.77 bits per heavy atom. The van der Waals surface area contributed by atoms with Gasteiger partial charge in [-0.2, -0.15) is 0 Å². The quantitative estimate of drug-likeness (QED) is 0.414. The van der Waals surface area contributed by atoms with Crippen LogP contribution in [0.4, 0.5) is 4.79 Å². The van der Waals surface area contributed by atoms with Crippen LogP contribution in [-0.2, 0) is 0 Å². The minimum absolute atomic E-state index is 0.311. The third-order valence-corrected chi connectivity index (χ3v) is 4.61. The van der Waals surface area contributed by atoms with Gasteiger partial charge in [0, 0.05) is 11.0 Å². The molecule has 1 rings (SSSR count). The summed E-state index contributed by atoms with van der Waals surface area (Å²) in [4.78, 5) is 12.0. The minimum Gasteiger partial charge on any atom is -0.530 e. The number of rotatable bonds is 1. The summed E-state index contributed by atoms with van der Waals surface area (Å²) < 4.78 is 0.318. The van der Waals surface area contributed by atoms with Crippen molar-refractivity contribution in [1.29, 1.82) is 0 Å². The second-order valence-corrected chi connectivity index (χ2v) is 5.06. The van der Waals surface area contributed by atoms with Crippen LogP contribution in [0.2, 0.25) is 0 Å². The van der Waals surface area contributed by atoms with E-state index in [1.54, 1.807) is 7.05 Å². The summed E-state index contributed by atoms with van der Waals surface area (Å²) in [6.45, 7) is 1.96. The molecule has 0 saturated heterocycles. The number of halogens is 1. The van der Waals surface area contributed by atoms with Crippen LogP contribution in [-0.4, -0.2) is 27.5 Å². The molecule has 0 aliphatic heterocycles. The number of alkyl halides is 1. The van der Waals surface area contributed by atoms with Crippen LogP contribution >= 0.6 is 22.6 Å². The Kier molecular flexibility index (Phi) is 3.21. The van der Waals surface area contributed by atoms with Gasteiger partial charge < -0.3 is 14.8 Å². The van der Waals surface area contributed by atoms with E-state index in [0.29, 0.717) is 3.92 Å². The number of carboxylic acid groups (broad SMARTS) is 1. The molecule has 0 fully saturated rings. The lowest BCUT2D eigenvalue weighted by molar-refractivity contribution is -0.269. The summed E-state index contributed by atoms with van der Waals surface area (Å²) >= 11 is 2.30. The van der Waals surface area contributed by atoms with E-state index in [-0.39, 0.29) is 5.54 Å². The van der Waals surface area contributed by atoms with Gasteiger partial charge in [-0.1, -0.05) is 34.7 Å². The van der Waals surface area contributed by atoms with Gasteiger partial charge >= 0.3 is 0 Å². The predicted molar refractivity (Wildman–Crippen MR) is 57.7 cm³/mol. The van der Waals surface area contributed by atoms with Gasteiger partial charge in [0.25, 0.3) is 0 Å². The molecule has 2 unspecified atom stereocenters. The second kappa shape index (κ2) is 3.86. The van der Waals surface area contributed by atoms with Crippen LogP contribution in [0.5, 0.6) is 0 Å². The van der Waals surface area contributed by atoms with E-state index < -0.39 is 6.09 Å². The van der Waals surface area contributed by atoms with Crippen LogP contribution in [0.15, 0.2) is 12.2 Å². The predicted octanol–water partition coefficient (Wildman–Crippen LogP) is 1.17. The second-order valence-electron chi connectivity index (χ2n) is 3.56. The number of nitrogens with zero attached hydrogens (tertiary/aromatic N) is 1. The number of carbonyl (C=O) groups is 1. The van der Waals surface area contributed by atoms with Crippen molar-refractivity contribution in [3.63, 3.8) is 0 Å². The SMILES string of the molecule is CN(C(=O)[O-])C1(C)CC=CCC1I. The summed E-state index contributed by atoms with van der Waals surface area (Å²) in [5.74, 6) is 0. The van der Waals surface area contributed by atoms with Crippen LogP contribution < -0.4 is 5.11 Å². The fraction of sp³-hybridized carbons (Fsp3) is 0.667. The first kappa shape index (κ1) is 10.8. The highest BCUT2D eigenvalue weighted by Gasteiger charge is 2.36. The number of carbonyl (C=O) groups excluding carboxylic acids is 1. The average Bonchev–Trinajstić information content (AvgIpc) is 2.09. The van der Waals surface area contributed by atoms with Crippen molar-refractivity contribution in [3.8, 4) is 0 Å². The van der Waals surface area contributed by atoms with E-state index in [2.05, 4.69) is 28.7 Å².